The normalized spacial score (nSPS) is 14.3. The number of aromatic nitrogens is 4. The molecule has 1 aromatic carbocycles. The third-order valence-electron chi connectivity index (χ3n) is 5.41. The third-order valence-corrected chi connectivity index (χ3v) is 6.62. The van der Waals surface area contributed by atoms with Crippen LogP contribution < -0.4 is 16.6 Å². The molecular weight excluding hydrogens is 438 g/mol. The van der Waals surface area contributed by atoms with Crippen LogP contribution in [0, 0.1) is 0 Å². The largest absolute Gasteiger partial charge is 0.353 e. The van der Waals surface area contributed by atoms with E-state index < -0.39 is 11.2 Å². The van der Waals surface area contributed by atoms with E-state index in [1.165, 1.54) is 23.4 Å². The number of benzene rings is 1. The molecule has 0 radical (unpaired) electrons. The van der Waals surface area contributed by atoms with Crippen molar-refractivity contribution in [2.45, 2.75) is 36.8 Å². The van der Waals surface area contributed by atoms with Crippen LogP contribution in [-0.2, 0) is 18.9 Å². The van der Waals surface area contributed by atoms with Gasteiger partial charge in [0, 0.05) is 30.7 Å². The van der Waals surface area contributed by atoms with Crippen LogP contribution in [0.15, 0.2) is 38.9 Å². The number of rotatable bonds is 5. The highest BCUT2D eigenvalue weighted by atomic mass is 35.5. The van der Waals surface area contributed by atoms with Crippen LogP contribution in [0.2, 0.25) is 5.02 Å². The third kappa shape index (κ3) is 4.38. The van der Waals surface area contributed by atoms with Gasteiger partial charge in [0.1, 0.15) is 10.4 Å². The van der Waals surface area contributed by atoms with Gasteiger partial charge >= 0.3 is 5.69 Å². The zero-order valence-corrected chi connectivity index (χ0v) is 18.8. The molecule has 1 amide bonds. The summed E-state index contributed by atoms with van der Waals surface area (Å²) >= 11 is 7.28. The first kappa shape index (κ1) is 21.6. The van der Waals surface area contributed by atoms with Gasteiger partial charge < -0.3 is 5.32 Å². The van der Waals surface area contributed by atoms with E-state index in [1.807, 2.05) is 0 Å². The molecule has 3 aromatic rings. The topological polar surface area (TPSA) is 98.9 Å². The summed E-state index contributed by atoms with van der Waals surface area (Å²) < 4.78 is 2.34. The van der Waals surface area contributed by atoms with Crippen LogP contribution in [0.25, 0.3) is 22.4 Å². The van der Waals surface area contributed by atoms with Crippen molar-refractivity contribution in [3.8, 4) is 11.4 Å². The number of nitrogens with zero attached hydrogens (tertiary/aromatic N) is 4. The fraction of sp³-hybridized carbons (Fsp3) is 0.381. The van der Waals surface area contributed by atoms with Gasteiger partial charge in [-0.05, 0) is 25.0 Å². The molecule has 0 aliphatic heterocycles. The highest BCUT2D eigenvalue weighted by molar-refractivity contribution is 8.00. The summed E-state index contributed by atoms with van der Waals surface area (Å²) in [6.45, 7) is 0. The second-order valence-electron chi connectivity index (χ2n) is 7.60. The molecule has 2 heterocycles. The van der Waals surface area contributed by atoms with Gasteiger partial charge in [-0.1, -0.05) is 48.3 Å². The van der Waals surface area contributed by atoms with Gasteiger partial charge in [0.2, 0.25) is 5.91 Å². The smallest absolute Gasteiger partial charge is 0.332 e. The maximum absolute atomic E-state index is 12.9. The maximum Gasteiger partial charge on any atom is 0.332 e. The van der Waals surface area contributed by atoms with E-state index in [2.05, 4.69) is 15.3 Å². The molecule has 31 heavy (non-hydrogen) atoms. The lowest BCUT2D eigenvalue weighted by Crippen LogP contribution is -2.38. The van der Waals surface area contributed by atoms with Gasteiger partial charge in [-0.25, -0.2) is 14.8 Å². The number of hydrogen-bond acceptors (Lipinski definition) is 6. The highest BCUT2D eigenvalue weighted by Gasteiger charge is 2.21. The van der Waals surface area contributed by atoms with Crippen molar-refractivity contribution in [1.29, 1.82) is 0 Å². The molecule has 1 saturated carbocycles. The molecule has 1 N–H and O–H groups in total. The van der Waals surface area contributed by atoms with Crippen molar-refractivity contribution >= 4 is 40.3 Å². The quantitative estimate of drug-likeness (QED) is 0.465. The number of aryl methyl sites for hydroxylation is 1. The SMILES string of the molecule is Cn1c(=O)c2c(SCC(=O)NC3CCCC3)nc(-c3cccc(Cl)c3)nc2n(C)c1=O. The summed E-state index contributed by atoms with van der Waals surface area (Å²) in [5.41, 5.74) is -0.103. The van der Waals surface area contributed by atoms with E-state index in [0.717, 1.165) is 30.3 Å². The van der Waals surface area contributed by atoms with E-state index >= 15 is 0 Å². The van der Waals surface area contributed by atoms with Crippen LogP contribution in [0.3, 0.4) is 0 Å². The number of amides is 1. The van der Waals surface area contributed by atoms with Crippen LogP contribution in [0.4, 0.5) is 0 Å². The summed E-state index contributed by atoms with van der Waals surface area (Å²) in [5, 5.41) is 4.13. The summed E-state index contributed by atoms with van der Waals surface area (Å²) in [5.74, 6) is 0.343. The Kier molecular flexibility index (Phi) is 6.15. The second-order valence-corrected chi connectivity index (χ2v) is 9.01. The first-order valence-corrected chi connectivity index (χ1v) is 11.4. The minimum atomic E-state index is -0.491. The van der Waals surface area contributed by atoms with Crippen LogP contribution >= 0.6 is 23.4 Å². The molecule has 10 heteroatoms. The van der Waals surface area contributed by atoms with Gasteiger partial charge in [0.15, 0.2) is 11.5 Å². The molecule has 1 aliphatic carbocycles. The van der Waals surface area contributed by atoms with E-state index in [0.29, 0.717) is 21.4 Å². The molecular formula is C21H22ClN5O3S. The Balaban J connectivity index is 1.78. The zero-order valence-electron chi connectivity index (χ0n) is 17.2. The van der Waals surface area contributed by atoms with E-state index in [9.17, 15) is 14.4 Å². The Labute approximate surface area is 187 Å². The molecule has 0 bridgehead atoms. The molecule has 8 nitrogen and oxygen atoms in total. The molecule has 0 spiro atoms. The van der Waals surface area contributed by atoms with E-state index in [4.69, 9.17) is 11.6 Å². The van der Waals surface area contributed by atoms with Crippen molar-refractivity contribution in [3.63, 3.8) is 0 Å². The minimum absolute atomic E-state index is 0.102. The number of thioether (sulfide) groups is 1. The number of halogens is 1. The van der Waals surface area contributed by atoms with Crippen molar-refractivity contribution in [2.75, 3.05) is 5.75 Å². The van der Waals surface area contributed by atoms with Gasteiger partial charge in [-0.15, -0.1) is 0 Å². The first-order valence-electron chi connectivity index (χ1n) is 10.0. The van der Waals surface area contributed by atoms with Crippen molar-refractivity contribution < 1.29 is 4.79 Å². The molecule has 1 fully saturated rings. The van der Waals surface area contributed by atoms with Gasteiger partial charge in [0.05, 0.1) is 5.75 Å². The lowest BCUT2D eigenvalue weighted by Gasteiger charge is -2.13. The van der Waals surface area contributed by atoms with E-state index in [1.54, 1.807) is 31.3 Å². The summed E-state index contributed by atoms with van der Waals surface area (Å²) in [4.78, 5) is 46.8. The molecule has 0 atom stereocenters. The Bertz CT molecular complexity index is 1280. The Morgan fingerprint density at radius 3 is 2.65 bits per heavy atom. The number of fused-ring (bicyclic) bond motifs is 1. The number of nitrogens with one attached hydrogen (secondary N) is 1. The van der Waals surface area contributed by atoms with E-state index in [-0.39, 0.29) is 28.7 Å². The van der Waals surface area contributed by atoms with Crippen LogP contribution in [-0.4, -0.2) is 36.8 Å². The lowest BCUT2D eigenvalue weighted by molar-refractivity contribution is -0.119. The Hall–Kier alpha value is -2.65. The van der Waals surface area contributed by atoms with Crippen molar-refractivity contribution in [2.24, 2.45) is 14.1 Å². The Morgan fingerprint density at radius 2 is 1.94 bits per heavy atom. The average Bonchev–Trinajstić information content (AvgIpc) is 3.27. The highest BCUT2D eigenvalue weighted by Crippen LogP contribution is 2.27. The fourth-order valence-electron chi connectivity index (χ4n) is 3.76. The monoisotopic (exact) mass is 459 g/mol. The van der Waals surface area contributed by atoms with Crippen LogP contribution in [0.1, 0.15) is 25.7 Å². The van der Waals surface area contributed by atoms with Gasteiger partial charge in [0.25, 0.3) is 5.56 Å². The zero-order chi connectivity index (χ0) is 22.1. The molecule has 0 saturated heterocycles. The number of hydrogen-bond donors (Lipinski definition) is 1. The molecule has 2 aromatic heterocycles. The predicted octanol–water partition coefficient (Wildman–Crippen LogP) is 2.50. The maximum atomic E-state index is 12.9. The minimum Gasteiger partial charge on any atom is -0.353 e. The number of carbonyl (C=O) groups excluding carboxylic acids is 1. The number of carbonyl (C=O) groups is 1. The second kappa shape index (κ2) is 8.84. The van der Waals surface area contributed by atoms with Crippen molar-refractivity contribution in [1.82, 2.24) is 24.4 Å². The molecule has 1 aliphatic rings. The Morgan fingerprint density at radius 1 is 1.19 bits per heavy atom. The molecule has 0 unspecified atom stereocenters. The van der Waals surface area contributed by atoms with Gasteiger partial charge in [-0.2, -0.15) is 0 Å². The summed E-state index contributed by atoms with van der Waals surface area (Å²) in [7, 11) is 2.97. The first-order chi connectivity index (χ1) is 14.8. The summed E-state index contributed by atoms with van der Waals surface area (Å²) in [6.07, 6.45) is 4.24. The van der Waals surface area contributed by atoms with Crippen molar-refractivity contribution in [3.05, 3.63) is 50.1 Å². The van der Waals surface area contributed by atoms with Gasteiger partial charge in [-0.3, -0.25) is 18.7 Å². The summed E-state index contributed by atoms with van der Waals surface area (Å²) in [6, 6.07) is 7.24. The average molecular weight is 460 g/mol. The lowest BCUT2D eigenvalue weighted by atomic mass is 10.2. The predicted molar refractivity (Wildman–Crippen MR) is 122 cm³/mol. The standard InChI is InChI=1S/C21H22ClN5O3S/c1-26-18-16(20(29)27(2)21(26)30)19(31-11-15(28)23-14-8-3-4-9-14)25-17(24-18)12-6-5-7-13(22)10-12/h5-7,10,14H,3-4,8-9,11H2,1-2H3,(H,23,28). The van der Waals surface area contributed by atoms with Crippen LogP contribution in [0.5, 0.6) is 0 Å². The molecule has 4 rings (SSSR count). The fourth-order valence-corrected chi connectivity index (χ4v) is 4.78. The molecule has 162 valence electrons.